The predicted octanol–water partition coefficient (Wildman–Crippen LogP) is 7.09. The van der Waals surface area contributed by atoms with Crippen LogP contribution in [0.2, 0.25) is 0 Å². The first-order valence-corrected chi connectivity index (χ1v) is 11.0. The molecule has 29 heavy (non-hydrogen) atoms. The molecule has 160 valence electrons. The molecule has 1 aromatic carbocycles. The van der Waals surface area contributed by atoms with E-state index in [9.17, 15) is 8.78 Å². The number of aryl methyl sites for hydroxylation is 1. The van der Waals surface area contributed by atoms with Gasteiger partial charge in [-0.1, -0.05) is 52.4 Å². The molecule has 1 atom stereocenters. The smallest absolute Gasteiger partial charge is 0.165 e. The first-order chi connectivity index (χ1) is 14.1. The van der Waals surface area contributed by atoms with Gasteiger partial charge in [0.2, 0.25) is 0 Å². The summed E-state index contributed by atoms with van der Waals surface area (Å²) in [4.78, 5) is 8.74. The van der Waals surface area contributed by atoms with Crippen molar-refractivity contribution in [2.75, 3.05) is 6.61 Å². The van der Waals surface area contributed by atoms with Crippen LogP contribution in [0.15, 0.2) is 30.6 Å². The van der Waals surface area contributed by atoms with Crippen molar-refractivity contribution < 1.29 is 13.5 Å². The average molecular weight is 405 g/mol. The molecule has 3 nitrogen and oxygen atoms in total. The molecule has 0 radical (unpaired) electrons. The van der Waals surface area contributed by atoms with Gasteiger partial charge in [-0.25, -0.2) is 18.7 Å². The zero-order valence-corrected chi connectivity index (χ0v) is 17.8. The Morgan fingerprint density at radius 1 is 0.931 bits per heavy atom. The third kappa shape index (κ3) is 8.46. The summed E-state index contributed by atoms with van der Waals surface area (Å²) in [5, 5.41) is 0. The van der Waals surface area contributed by atoms with Crippen molar-refractivity contribution >= 4 is 0 Å². The fourth-order valence-corrected chi connectivity index (χ4v) is 3.20. The van der Waals surface area contributed by atoms with Gasteiger partial charge in [0, 0.05) is 24.4 Å². The Morgan fingerprint density at radius 2 is 1.66 bits per heavy atom. The average Bonchev–Trinajstić information content (AvgIpc) is 2.73. The Balaban J connectivity index is 1.83. The van der Waals surface area contributed by atoms with Gasteiger partial charge in [-0.05, 0) is 43.0 Å². The first-order valence-electron chi connectivity index (χ1n) is 11.0. The summed E-state index contributed by atoms with van der Waals surface area (Å²) in [5.74, 6) is 0.158. The number of unbranched alkanes of at least 4 members (excludes halogenated alkanes) is 5. The van der Waals surface area contributed by atoms with E-state index in [4.69, 9.17) is 4.74 Å². The van der Waals surface area contributed by atoms with Gasteiger partial charge in [-0.3, -0.25) is 0 Å². The Labute approximate surface area is 173 Å². The molecule has 0 aliphatic heterocycles. The molecule has 5 heteroatoms. The van der Waals surface area contributed by atoms with E-state index >= 15 is 0 Å². The summed E-state index contributed by atoms with van der Waals surface area (Å²) < 4.78 is 33.6. The number of hydrogen-bond acceptors (Lipinski definition) is 3. The van der Waals surface area contributed by atoms with Crippen LogP contribution in [0, 0.1) is 5.82 Å². The van der Waals surface area contributed by atoms with E-state index in [1.54, 1.807) is 12.1 Å². The third-order valence-corrected chi connectivity index (χ3v) is 5.02. The highest BCUT2D eigenvalue weighted by Crippen LogP contribution is 2.24. The van der Waals surface area contributed by atoms with Crippen LogP contribution in [-0.4, -0.2) is 22.7 Å². The van der Waals surface area contributed by atoms with Gasteiger partial charge >= 0.3 is 0 Å². The number of alkyl halides is 1. The quantitative estimate of drug-likeness (QED) is 0.315. The van der Waals surface area contributed by atoms with Gasteiger partial charge < -0.3 is 4.74 Å². The Bertz CT molecular complexity index is 707. The summed E-state index contributed by atoms with van der Waals surface area (Å²) in [6, 6.07) is 4.68. The molecule has 0 saturated carbocycles. The molecule has 0 amide bonds. The van der Waals surface area contributed by atoms with Crippen molar-refractivity contribution in [1.29, 1.82) is 0 Å². The van der Waals surface area contributed by atoms with Gasteiger partial charge in [0.05, 0.1) is 6.61 Å². The molecule has 1 aromatic heterocycles. The van der Waals surface area contributed by atoms with Crippen molar-refractivity contribution in [3.63, 3.8) is 0 Å². The molecule has 2 rings (SSSR count). The van der Waals surface area contributed by atoms with Crippen LogP contribution in [-0.2, 0) is 6.42 Å². The number of aromatic nitrogens is 2. The minimum Gasteiger partial charge on any atom is -0.490 e. The number of halogens is 2. The summed E-state index contributed by atoms with van der Waals surface area (Å²) >= 11 is 0. The summed E-state index contributed by atoms with van der Waals surface area (Å²) in [6.07, 6.45) is 12.4. The molecule has 0 fully saturated rings. The maximum atomic E-state index is 14.4. The third-order valence-electron chi connectivity index (χ3n) is 5.02. The minimum atomic E-state index is -0.891. The Kier molecular flexibility index (Phi) is 10.6. The molecule has 0 N–H and O–H groups in total. The second-order valence-electron chi connectivity index (χ2n) is 7.60. The molecule has 0 aliphatic rings. The highest BCUT2D eigenvalue weighted by molar-refractivity contribution is 5.56. The van der Waals surface area contributed by atoms with Gasteiger partial charge in [0.25, 0.3) is 0 Å². The Hall–Kier alpha value is -2.04. The Morgan fingerprint density at radius 3 is 2.34 bits per heavy atom. The molecule has 0 aliphatic carbocycles. The zero-order valence-electron chi connectivity index (χ0n) is 17.8. The lowest BCUT2D eigenvalue weighted by molar-refractivity contribution is 0.218. The summed E-state index contributed by atoms with van der Waals surface area (Å²) in [7, 11) is 0. The molecular weight excluding hydrogens is 370 g/mol. The monoisotopic (exact) mass is 404 g/mol. The van der Waals surface area contributed by atoms with E-state index < -0.39 is 12.0 Å². The number of rotatable bonds is 14. The van der Waals surface area contributed by atoms with Crippen molar-refractivity contribution in [2.24, 2.45) is 0 Å². The van der Waals surface area contributed by atoms with E-state index in [2.05, 4.69) is 23.8 Å². The minimum absolute atomic E-state index is 0.141. The van der Waals surface area contributed by atoms with Crippen molar-refractivity contribution in [2.45, 2.75) is 84.2 Å². The lowest BCUT2D eigenvalue weighted by Crippen LogP contribution is -2.08. The molecule has 0 saturated heterocycles. The van der Waals surface area contributed by atoms with Gasteiger partial charge in [-0.15, -0.1) is 0 Å². The second kappa shape index (κ2) is 13.2. The highest BCUT2D eigenvalue weighted by atomic mass is 19.1. The standard InChI is InChI=1S/C24H34F2N2O/c1-3-5-7-9-10-19-17-27-24(28-18-19)20-12-13-23(22(26)16-20)29-15-14-21(25)11-8-6-4-2/h12-13,16-18,21H,3-11,14-15H2,1-2H3. The number of nitrogens with zero attached hydrogens (tertiary/aromatic N) is 2. The molecule has 1 heterocycles. The van der Waals surface area contributed by atoms with E-state index in [0.717, 1.165) is 37.7 Å². The van der Waals surface area contributed by atoms with Crippen molar-refractivity contribution in [1.82, 2.24) is 9.97 Å². The topological polar surface area (TPSA) is 35.0 Å². The lowest BCUT2D eigenvalue weighted by Gasteiger charge is -2.11. The fraction of sp³-hybridized carbons (Fsp3) is 0.583. The second-order valence-corrected chi connectivity index (χ2v) is 7.60. The van der Waals surface area contributed by atoms with Gasteiger partial charge in [-0.2, -0.15) is 0 Å². The number of ether oxygens (including phenoxy) is 1. The van der Waals surface area contributed by atoms with E-state index in [0.29, 0.717) is 17.8 Å². The summed E-state index contributed by atoms with van der Waals surface area (Å²) in [6.45, 7) is 4.46. The van der Waals surface area contributed by atoms with Crippen LogP contribution in [0.1, 0.15) is 77.2 Å². The van der Waals surface area contributed by atoms with Crippen LogP contribution in [0.5, 0.6) is 5.75 Å². The van der Waals surface area contributed by atoms with Gasteiger partial charge in [0.1, 0.15) is 6.17 Å². The fourth-order valence-electron chi connectivity index (χ4n) is 3.20. The largest absolute Gasteiger partial charge is 0.490 e. The van der Waals surface area contributed by atoms with Gasteiger partial charge in [0.15, 0.2) is 17.4 Å². The molecule has 0 bridgehead atoms. The van der Waals surface area contributed by atoms with E-state index in [-0.39, 0.29) is 18.8 Å². The molecule has 0 spiro atoms. The van der Waals surface area contributed by atoms with Crippen LogP contribution in [0.3, 0.4) is 0 Å². The number of hydrogen-bond donors (Lipinski definition) is 0. The molecule has 2 aromatic rings. The lowest BCUT2D eigenvalue weighted by atomic mass is 10.1. The SMILES string of the molecule is CCCCCCc1cnc(-c2ccc(OCCC(F)CCCCC)c(F)c2)nc1. The van der Waals surface area contributed by atoms with Crippen LogP contribution in [0.4, 0.5) is 8.78 Å². The van der Waals surface area contributed by atoms with Crippen LogP contribution in [0.25, 0.3) is 11.4 Å². The predicted molar refractivity (Wildman–Crippen MR) is 114 cm³/mol. The van der Waals surface area contributed by atoms with Crippen LogP contribution >= 0.6 is 0 Å². The number of benzene rings is 1. The first kappa shape index (κ1) is 23.2. The highest BCUT2D eigenvalue weighted by Gasteiger charge is 2.11. The van der Waals surface area contributed by atoms with Crippen molar-refractivity contribution in [3.05, 3.63) is 42.0 Å². The van der Waals surface area contributed by atoms with E-state index in [1.165, 1.54) is 25.3 Å². The molecule has 1 unspecified atom stereocenters. The van der Waals surface area contributed by atoms with Crippen molar-refractivity contribution in [3.8, 4) is 17.1 Å². The maximum Gasteiger partial charge on any atom is 0.165 e. The normalized spacial score (nSPS) is 12.1. The summed E-state index contributed by atoms with van der Waals surface area (Å²) in [5.41, 5.74) is 1.71. The molecular formula is C24H34F2N2O. The maximum absolute atomic E-state index is 14.4. The van der Waals surface area contributed by atoms with E-state index in [1.807, 2.05) is 12.4 Å². The zero-order chi connectivity index (χ0) is 20.9. The van der Waals surface area contributed by atoms with Crippen LogP contribution < -0.4 is 4.74 Å².